The summed E-state index contributed by atoms with van der Waals surface area (Å²) < 4.78 is 29.9. The number of allylic oxidation sites excluding steroid dienone is 5. The number of hydrogen-bond acceptors (Lipinski definition) is 8. The van der Waals surface area contributed by atoms with Gasteiger partial charge in [0.1, 0.15) is 0 Å². The average molecular weight is 817 g/mol. The van der Waals surface area contributed by atoms with Crippen LogP contribution in [-0.2, 0) is 14.6 Å². The van der Waals surface area contributed by atoms with Crippen molar-refractivity contribution in [1.29, 1.82) is 0 Å². The molecule has 0 bridgehead atoms. The van der Waals surface area contributed by atoms with E-state index in [4.69, 9.17) is 4.74 Å². The highest BCUT2D eigenvalue weighted by atomic mass is 32.2. The van der Waals surface area contributed by atoms with E-state index in [0.717, 1.165) is 25.9 Å². The fraction of sp³-hybridized carbons (Fsp3) is 0.771. The van der Waals surface area contributed by atoms with Gasteiger partial charge in [0.05, 0.1) is 23.5 Å². The Labute approximate surface area is 349 Å². The van der Waals surface area contributed by atoms with Crippen molar-refractivity contribution in [3.8, 4) is 6.01 Å². The molecule has 1 aromatic heterocycles. The lowest BCUT2D eigenvalue weighted by Crippen LogP contribution is -2.68. The van der Waals surface area contributed by atoms with Crippen LogP contribution in [0.15, 0.2) is 53.9 Å². The first-order chi connectivity index (χ1) is 27.4. The molecule has 2 heterocycles. The van der Waals surface area contributed by atoms with Gasteiger partial charge in [-0.15, -0.1) is 0 Å². The Hall–Kier alpha value is -2.56. The van der Waals surface area contributed by atoms with Gasteiger partial charge in [0.25, 0.3) is 0 Å². The van der Waals surface area contributed by atoms with Gasteiger partial charge in [-0.25, -0.2) is 18.4 Å². The summed E-state index contributed by atoms with van der Waals surface area (Å²) in [6.45, 7) is 23.5. The molecule has 0 amide bonds. The number of fused-ring (bicyclic) bond motifs is 7. The van der Waals surface area contributed by atoms with Crippen LogP contribution in [0.3, 0.4) is 0 Å². The Morgan fingerprint density at radius 3 is 2.34 bits per heavy atom. The molecular weight excluding hydrogens is 745 g/mol. The Kier molecular flexibility index (Phi) is 11.0. The van der Waals surface area contributed by atoms with Crippen LogP contribution in [0.25, 0.3) is 0 Å². The third-order valence-electron chi connectivity index (χ3n) is 18.8. The van der Waals surface area contributed by atoms with Crippen molar-refractivity contribution in [2.24, 2.45) is 56.7 Å². The quantitative estimate of drug-likeness (QED) is 0.211. The number of carboxylic acid groups (broad SMARTS) is 1. The molecular formula is C48H72N4O5S. The lowest BCUT2D eigenvalue weighted by molar-refractivity contribution is -0.221. The molecule has 58 heavy (non-hydrogen) atoms. The van der Waals surface area contributed by atoms with E-state index in [-0.39, 0.29) is 33.8 Å². The number of nitrogens with one attached hydrogen (secondary N) is 1. The second kappa shape index (κ2) is 15.1. The summed E-state index contributed by atoms with van der Waals surface area (Å²) in [7, 11) is -2.87. The predicted octanol–water partition coefficient (Wildman–Crippen LogP) is 8.69. The molecule has 7 aliphatic rings. The summed E-state index contributed by atoms with van der Waals surface area (Å²) in [6.07, 6.45) is 21.7. The lowest BCUT2D eigenvalue weighted by atomic mass is 9.33. The number of sulfone groups is 1. The number of aromatic nitrogens is 2. The van der Waals surface area contributed by atoms with Crippen LogP contribution in [0.1, 0.15) is 125 Å². The van der Waals surface area contributed by atoms with Gasteiger partial charge in [-0.2, -0.15) is 0 Å². The van der Waals surface area contributed by atoms with E-state index in [0.29, 0.717) is 79.5 Å². The van der Waals surface area contributed by atoms with Crippen LogP contribution in [0.5, 0.6) is 6.01 Å². The normalized spacial score (nSPS) is 41.8. The van der Waals surface area contributed by atoms with E-state index in [1.807, 2.05) is 0 Å². The first-order valence-corrected chi connectivity index (χ1v) is 24.6. The second-order valence-corrected chi connectivity index (χ2v) is 23.8. The second-order valence-electron chi connectivity index (χ2n) is 21.5. The van der Waals surface area contributed by atoms with Crippen molar-refractivity contribution >= 4 is 15.8 Å². The van der Waals surface area contributed by atoms with E-state index >= 15 is 0 Å². The van der Waals surface area contributed by atoms with E-state index in [9.17, 15) is 18.3 Å². The number of carbonyl (C=O) groups is 1. The maximum Gasteiger partial charge on any atom is 0.316 e. The van der Waals surface area contributed by atoms with Gasteiger partial charge < -0.3 is 20.1 Å². The fourth-order valence-corrected chi connectivity index (χ4v) is 16.7. The lowest BCUT2D eigenvalue weighted by Gasteiger charge is -2.72. The minimum atomic E-state index is -2.87. The van der Waals surface area contributed by atoms with Crippen molar-refractivity contribution < 1.29 is 23.1 Å². The minimum Gasteiger partial charge on any atom is -0.481 e. The van der Waals surface area contributed by atoms with Crippen LogP contribution < -0.4 is 10.1 Å². The number of rotatable bonds is 11. The summed E-state index contributed by atoms with van der Waals surface area (Å²) in [6, 6.07) is 2.04. The zero-order valence-corrected chi connectivity index (χ0v) is 37.3. The zero-order chi connectivity index (χ0) is 41.4. The van der Waals surface area contributed by atoms with Gasteiger partial charge in [-0.1, -0.05) is 58.9 Å². The molecule has 2 N–H and O–H groups in total. The average Bonchev–Trinajstić information content (AvgIpc) is 3.56. The SMILES string of the molecule is C=C(C)C1CC[C@]2(NCCN3CCS(=O)(=O)CC3)CC[C@]3(C)[C@H](CC[C@@H]4[C@@]5(C)CC=C(C6=CCC(CCOc7ncccn7)(C(=O)O)CC6)C(C)(C)[C@@H]5CC[C@]43C)[C@@H]12. The summed E-state index contributed by atoms with van der Waals surface area (Å²) in [5.74, 6) is 2.89. The number of ether oxygens (including phenoxy) is 1. The standard InChI is InChI=1S/C48H72N4O5S/c1-33(2)35-13-20-48(51-26-27-52-28-31-58(55,56)32-29-52)22-21-45(6)37(40(35)48)9-10-39-44(5)16-14-36(43(3,4)38(44)15-17-46(39,45)7)34-11-18-47(19-12-34,41(53)54)23-30-57-42-49-24-8-25-50-42/h8,11,14,24-25,35,37-40,51H,1,9-10,12-13,15-23,26-32H2,2-7H3,(H,53,54)/t35?,37-,38+,39-,40-,44+,45-,46-,47?,48+/m1/s1. The highest BCUT2D eigenvalue weighted by molar-refractivity contribution is 7.91. The number of nitrogens with zero attached hydrogens (tertiary/aromatic N) is 3. The summed E-state index contributed by atoms with van der Waals surface area (Å²) >= 11 is 0. The monoisotopic (exact) mass is 817 g/mol. The zero-order valence-electron chi connectivity index (χ0n) is 36.5. The van der Waals surface area contributed by atoms with E-state index in [2.05, 4.69) is 80.5 Å². The summed E-state index contributed by atoms with van der Waals surface area (Å²) in [5.41, 5.74) is 4.25. The van der Waals surface area contributed by atoms with Crippen LogP contribution in [0.4, 0.5) is 0 Å². The first kappa shape index (κ1) is 42.1. The van der Waals surface area contributed by atoms with Gasteiger partial charge in [-0.3, -0.25) is 4.79 Å². The first-order valence-electron chi connectivity index (χ1n) is 22.8. The molecule has 1 saturated heterocycles. The molecule has 5 fully saturated rings. The van der Waals surface area contributed by atoms with Gasteiger partial charge in [0.15, 0.2) is 9.84 Å². The number of carboxylic acids is 1. The molecule has 1 aromatic rings. The molecule has 0 spiro atoms. The summed E-state index contributed by atoms with van der Waals surface area (Å²) in [5, 5.41) is 14.7. The third kappa shape index (κ3) is 6.85. The van der Waals surface area contributed by atoms with E-state index < -0.39 is 21.2 Å². The Balaban J connectivity index is 0.995. The molecule has 0 aromatic carbocycles. The third-order valence-corrected chi connectivity index (χ3v) is 20.4. The van der Waals surface area contributed by atoms with Crippen molar-refractivity contribution in [2.75, 3.05) is 44.3 Å². The molecule has 1 aliphatic heterocycles. The van der Waals surface area contributed by atoms with E-state index in [1.54, 1.807) is 18.5 Å². The van der Waals surface area contributed by atoms with Gasteiger partial charge in [-0.05, 0) is 159 Å². The van der Waals surface area contributed by atoms with Gasteiger partial charge in [0.2, 0.25) is 0 Å². The molecule has 4 saturated carbocycles. The smallest absolute Gasteiger partial charge is 0.316 e. The molecule has 6 aliphatic carbocycles. The molecule has 10 atom stereocenters. The maximum atomic E-state index is 12.7. The number of hydrogen-bond donors (Lipinski definition) is 2. The highest BCUT2D eigenvalue weighted by Crippen LogP contribution is 2.76. The Morgan fingerprint density at radius 2 is 1.67 bits per heavy atom. The highest BCUT2D eigenvalue weighted by Gasteiger charge is 2.70. The molecule has 10 heteroatoms. The van der Waals surface area contributed by atoms with Crippen molar-refractivity contribution in [1.82, 2.24) is 20.2 Å². The molecule has 8 rings (SSSR count). The topological polar surface area (TPSA) is 122 Å². The summed E-state index contributed by atoms with van der Waals surface area (Å²) in [4.78, 5) is 23.4. The van der Waals surface area contributed by atoms with Crippen molar-refractivity contribution in [3.05, 3.63) is 53.9 Å². The van der Waals surface area contributed by atoms with Crippen molar-refractivity contribution in [3.63, 3.8) is 0 Å². The fourth-order valence-electron chi connectivity index (χ4n) is 15.4. The van der Waals surface area contributed by atoms with Crippen LogP contribution in [0.2, 0.25) is 0 Å². The Morgan fingerprint density at radius 1 is 0.931 bits per heavy atom. The molecule has 320 valence electrons. The largest absolute Gasteiger partial charge is 0.481 e. The predicted molar refractivity (Wildman–Crippen MR) is 230 cm³/mol. The molecule has 0 radical (unpaired) electrons. The number of aliphatic carboxylic acids is 1. The molecule has 2 unspecified atom stereocenters. The van der Waals surface area contributed by atoms with Crippen molar-refractivity contribution in [2.45, 2.75) is 131 Å². The van der Waals surface area contributed by atoms with E-state index in [1.165, 1.54) is 68.1 Å². The minimum absolute atomic E-state index is 0.00951. The van der Waals surface area contributed by atoms with Crippen LogP contribution in [0, 0.1) is 56.7 Å². The Bertz CT molecular complexity index is 1920. The maximum absolute atomic E-state index is 12.7. The van der Waals surface area contributed by atoms with Gasteiger partial charge >= 0.3 is 12.0 Å². The molecule has 9 nitrogen and oxygen atoms in total. The van der Waals surface area contributed by atoms with Crippen LogP contribution >= 0.6 is 0 Å². The van der Waals surface area contributed by atoms with Gasteiger partial charge in [0, 0.05) is 44.1 Å². The van der Waals surface area contributed by atoms with Crippen LogP contribution in [-0.4, -0.2) is 84.2 Å².